The zero-order valence-corrected chi connectivity index (χ0v) is 17.0. The normalized spacial score (nSPS) is 10.8. The summed E-state index contributed by atoms with van der Waals surface area (Å²) in [5, 5.41) is 7.60. The molecular weight excluding hydrogens is 412 g/mol. The Morgan fingerprint density at radius 1 is 1.06 bits per heavy atom. The predicted molar refractivity (Wildman–Crippen MR) is 120 cm³/mol. The van der Waals surface area contributed by atoms with Crippen LogP contribution in [0.1, 0.15) is 15.9 Å². The average Bonchev–Trinajstić information content (AvgIpc) is 2.80. The molecule has 12 heteroatoms. The van der Waals surface area contributed by atoms with Crippen LogP contribution in [0, 0.1) is 0 Å². The van der Waals surface area contributed by atoms with Crippen molar-refractivity contribution in [1.82, 2.24) is 10.6 Å². The van der Waals surface area contributed by atoms with E-state index < -0.39 is 17.7 Å². The zero-order chi connectivity index (χ0) is 23.2. The topological polar surface area (TPSA) is 138 Å². The van der Waals surface area contributed by atoms with Gasteiger partial charge < -0.3 is 4.74 Å². The molecule has 0 aliphatic rings. The van der Waals surface area contributed by atoms with Gasteiger partial charge in [-0.15, -0.1) is 0 Å². The van der Waals surface area contributed by atoms with E-state index in [0.29, 0.717) is 18.4 Å². The molecule has 3 N–H and O–H groups in total. The third-order valence-electron chi connectivity index (χ3n) is 3.78. The van der Waals surface area contributed by atoms with Crippen molar-refractivity contribution in [2.45, 2.75) is 6.61 Å². The first kappa shape index (κ1) is 24.2. The van der Waals surface area contributed by atoms with Crippen LogP contribution in [0.25, 0.3) is 0 Å². The van der Waals surface area contributed by atoms with Gasteiger partial charge in [-0.2, -0.15) is 0 Å². The summed E-state index contributed by atoms with van der Waals surface area (Å²) in [4.78, 5) is 42.1. The van der Waals surface area contributed by atoms with Crippen LogP contribution in [-0.2, 0) is 20.8 Å². The van der Waals surface area contributed by atoms with E-state index in [1.54, 1.807) is 24.3 Å². The number of nitrogens with one attached hydrogen (secondary N) is 3. The summed E-state index contributed by atoms with van der Waals surface area (Å²) in [5.74, 6) is -2.10. The van der Waals surface area contributed by atoms with Crippen LogP contribution in [0.2, 0.25) is 0 Å². The number of anilines is 1. The fraction of sp³-hybridized carbons (Fsp3) is 0.150. The van der Waals surface area contributed by atoms with Crippen molar-refractivity contribution in [3.05, 3.63) is 65.7 Å². The standard InChI is InChI=1S/C20H19B2N5O5/c21-19(30)27-20(24-12-22-31)23-10-17(28)26-13-25-16-8-6-15(7-9-16)18(29)32-11-14-4-2-1-3-5-14/h1-9,12,25H,10-11,13H2,(H,26,28)(H,23,27,30)/b24-12+. The van der Waals surface area contributed by atoms with Crippen molar-refractivity contribution in [2.75, 3.05) is 18.5 Å². The van der Waals surface area contributed by atoms with Crippen LogP contribution in [-0.4, -0.2) is 58.0 Å². The van der Waals surface area contributed by atoms with Crippen LogP contribution in [0.5, 0.6) is 0 Å². The van der Waals surface area contributed by atoms with Crippen LogP contribution in [0.15, 0.2) is 64.6 Å². The van der Waals surface area contributed by atoms with Crippen molar-refractivity contribution in [1.29, 1.82) is 0 Å². The summed E-state index contributed by atoms with van der Waals surface area (Å²) in [5.41, 5.74) is 1.96. The minimum absolute atomic E-state index is 0.0857. The van der Waals surface area contributed by atoms with Crippen molar-refractivity contribution in [3.8, 4) is 0 Å². The molecule has 2 radical (unpaired) electrons. The first-order valence-corrected chi connectivity index (χ1v) is 9.38. The molecule has 2 rings (SSSR count). The average molecular weight is 431 g/mol. The molecule has 0 fully saturated rings. The molecule has 32 heavy (non-hydrogen) atoms. The molecule has 0 aliphatic carbocycles. The van der Waals surface area contributed by atoms with E-state index in [1.165, 1.54) is 0 Å². The maximum atomic E-state index is 12.1. The SMILES string of the molecule is [B]C(=O)NC(=NCC(=O)NCNc1ccc(C(=O)OCc2ccccc2)cc1)/N=C/B=O. The van der Waals surface area contributed by atoms with E-state index in [0.717, 1.165) is 11.7 Å². The van der Waals surface area contributed by atoms with Crippen molar-refractivity contribution in [2.24, 2.45) is 9.98 Å². The van der Waals surface area contributed by atoms with Crippen LogP contribution in [0.3, 0.4) is 0 Å². The summed E-state index contributed by atoms with van der Waals surface area (Å²) in [6, 6.07) is 15.9. The number of rotatable bonds is 9. The van der Waals surface area contributed by atoms with Crippen LogP contribution in [0.4, 0.5) is 10.5 Å². The van der Waals surface area contributed by atoms with E-state index in [4.69, 9.17) is 12.6 Å². The molecule has 2 amide bonds. The zero-order valence-electron chi connectivity index (χ0n) is 17.0. The third-order valence-corrected chi connectivity index (χ3v) is 3.78. The number of guanidine groups is 1. The Kier molecular flexibility index (Phi) is 10.0. The molecule has 160 valence electrons. The van der Waals surface area contributed by atoms with E-state index in [1.807, 2.05) is 30.3 Å². The number of hydrogen-bond acceptors (Lipinski definition) is 7. The van der Waals surface area contributed by atoms with Gasteiger partial charge >= 0.3 is 128 Å². The van der Waals surface area contributed by atoms with E-state index >= 15 is 0 Å². The monoisotopic (exact) mass is 431 g/mol. The van der Waals surface area contributed by atoms with Crippen molar-refractivity contribution >= 4 is 50.4 Å². The minimum atomic E-state index is -0.929. The fourth-order valence-corrected chi connectivity index (χ4v) is 2.30. The molecule has 0 heterocycles. The van der Waals surface area contributed by atoms with Crippen LogP contribution >= 0.6 is 0 Å². The van der Waals surface area contributed by atoms with Gasteiger partial charge in [0.05, 0.1) is 5.56 Å². The fourth-order valence-electron chi connectivity index (χ4n) is 2.30. The Morgan fingerprint density at radius 3 is 2.44 bits per heavy atom. The van der Waals surface area contributed by atoms with Gasteiger partial charge in [0.25, 0.3) is 0 Å². The first-order chi connectivity index (χ1) is 15.5. The summed E-state index contributed by atoms with van der Waals surface area (Å²) < 4.78 is 15.6. The number of benzene rings is 2. The number of aliphatic imine (C=N–C) groups is 2. The maximum absolute atomic E-state index is 12.1. The summed E-state index contributed by atoms with van der Waals surface area (Å²) in [6.45, 7) is -0.0760. The van der Waals surface area contributed by atoms with Gasteiger partial charge in [0, 0.05) is 0 Å². The predicted octanol–water partition coefficient (Wildman–Crippen LogP) is 0.841. The number of esters is 1. The molecule has 2 aromatic carbocycles. The Hall–Kier alpha value is -4.08. The molecular formula is C20H19B2N5O5. The quantitative estimate of drug-likeness (QED) is 0.177. The second kappa shape index (κ2) is 13.3. The van der Waals surface area contributed by atoms with Gasteiger partial charge in [0.1, 0.15) is 6.61 Å². The molecule has 10 nitrogen and oxygen atoms in total. The van der Waals surface area contributed by atoms with Gasteiger partial charge in [0.2, 0.25) is 0 Å². The van der Waals surface area contributed by atoms with Gasteiger partial charge in [-0.3, -0.25) is 0 Å². The molecule has 2 aromatic rings. The second-order valence-corrected chi connectivity index (χ2v) is 6.14. The Balaban J connectivity index is 1.76. The van der Waals surface area contributed by atoms with Gasteiger partial charge in [-0.25, -0.2) is 4.79 Å². The van der Waals surface area contributed by atoms with Gasteiger partial charge in [-0.1, -0.05) is 30.3 Å². The Bertz CT molecular complexity index is 997. The number of amides is 2. The van der Waals surface area contributed by atoms with Crippen molar-refractivity contribution in [3.63, 3.8) is 0 Å². The molecule has 0 atom stereocenters. The van der Waals surface area contributed by atoms with Gasteiger partial charge in [0.15, 0.2) is 0 Å². The molecule has 0 saturated carbocycles. The first-order valence-electron chi connectivity index (χ1n) is 9.38. The Labute approximate surface area is 186 Å². The van der Waals surface area contributed by atoms with Gasteiger partial charge in [-0.05, 0) is 5.56 Å². The molecule has 0 saturated heterocycles. The molecule has 0 aromatic heterocycles. The Morgan fingerprint density at radius 2 is 1.78 bits per heavy atom. The van der Waals surface area contributed by atoms with Crippen LogP contribution < -0.4 is 16.0 Å². The molecule has 0 bridgehead atoms. The summed E-state index contributed by atoms with van der Waals surface area (Å²) >= 11 is 0. The van der Waals surface area contributed by atoms with E-state index in [9.17, 15) is 19.1 Å². The number of carbonyl (C=O) groups is 3. The van der Waals surface area contributed by atoms with Crippen molar-refractivity contribution < 1.29 is 23.8 Å². The number of nitrogens with zero attached hydrogens (tertiary/aromatic N) is 2. The molecule has 0 aliphatic heterocycles. The second-order valence-electron chi connectivity index (χ2n) is 6.14. The van der Waals surface area contributed by atoms with E-state index in [-0.39, 0.29) is 25.8 Å². The number of carbonyl (C=O) groups excluding carboxylic acids is 3. The molecule has 0 spiro atoms. The van der Waals surface area contributed by atoms with E-state index in [2.05, 4.69) is 25.9 Å². The number of ether oxygens (including phenoxy) is 1. The number of hydrogen-bond donors (Lipinski definition) is 3. The summed E-state index contributed by atoms with van der Waals surface area (Å²) in [7, 11) is 5.34. The summed E-state index contributed by atoms with van der Waals surface area (Å²) in [6.07, 6.45) is 0.856. The third kappa shape index (κ3) is 9.16. The molecule has 0 unspecified atom stereocenters.